The van der Waals surface area contributed by atoms with E-state index in [1.807, 2.05) is 25.1 Å². The van der Waals surface area contributed by atoms with Crippen LogP contribution in [0.1, 0.15) is 12.5 Å². The Hall–Kier alpha value is -1.13. The van der Waals surface area contributed by atoms with Crippen LogP contribution in [-0.2, 0) is 0 Å². The third-order valence-corrected chi connectivity index (χ3v) is 2.01. The van der Waals surface area contributed by atoms with Gasteiger partial charge in [-0.3, -0.25) is 0 Å². The number of fused-ring (bicyclic) bond motifs is 1. The van der Waals surface area contributed by atoms with Crippen molar-refractivity contribution in [3.63, 3.8) is 0 Å². The highest BCUT2D eigenvalue weighted by Crippen LogP contribution is 2.22. The van der Waals surface area contributed by atoms with Gasteiger partial charge in [0.05, 0.1) is 11.7 Å². The van der Waals surface area contributed by atoms with Crippen molar-refractivity contribution in [2.45, 2.75) is 13.0 Å². The molecular formula is C10H8ClN. The van der Waals surface area contributed by atoms with Crippen LogP contribution in [-0.4, -0.2) is 6.04 Å². The molecule has 0 saturated carbocycles. The lowest BCUT2D eigenvalue weighted by atomic mass is 10.1. The maximum atomic E-state index is 5.82. The fourth-order valence-corrected chi connectivity index (χ4v) is 1.37. The highest BCUT2D eigenvalue weighted by atomic mass is 35.5. The Labute approximate surface area is 76.7 Å². The summed E-state index contributed by atoms with van der Waals surface area (Å²) >= 11 is 5.82. The number of anilines is 1. The van der Waals surface area contributed by atoms with Crippen LogP contribution >= 0.6 is 11.6 Å². The predicted octanol–water partition coefficient (Wildman–Crippen LogP) is 2.51. The molecule has 1 aliphatic rings. The Morgan fingerprint density at radius 1 is 1.50 bits per heavy atom. The lowest BCUT2D eigenvalue weighted by molar-refractivity contribution is 1.02. The van der Waals surface area contributed by atoms with Crippen molar-refractivity contribution in [1.82, 2.24) is 0 Å². The van der Waals surface area contributed by atoms with Crippen molar-refractivity contribution in [1.29, 1.82) is 0 Å². The molecule has 0 saturated heterocycles. The van der Waals surface area contributed by atoms with Gasteiger partial charge in [-0.2, -0.15) is 0 Å². The molecule has 0 aliphatic carbocycles. The summed E-state index contributed by atoms with van der Waals surface area (Å²) in [7, 11) is 0. The minimum atomic E-state index is 0.235. The second-order valence-corrected chi connectivity index (χ2v) is 3.26. The van der Waals surface area contributed by atoms with Crippen LogP contribution in [0.3, 0.4) is 0 Å². The monoisotopic (exact) mass is 177 g/mol. The maximum absolute atomic E-state index is 5.82. The van der Waals surface area contributed by atoms with Crippen LogP contribution in [0.15, 0.2) is 18.2 Å². The molecular weight excluding hydrogens is 170 g/mol. The Morgan fingerprint density at radius 3 is 3.17 bits per heavy atom. The first-order valence-corrected chi connectivity index (χ1v) is 4.21. The normalized spacial score (nSPS) is 18.7. The van der Waals surface area contributed by atoms with Crippen molar-refractivity contribution in [3.8, 4) is 11.8 Å². The van der Waals surface area contributed by atoms with E-state index < -0.39 is 0 Å². The molecule has 2 heteroatoms. The molecule has 0 bridgehead atoms. The van der Waals surface area contributed by atoms with Gasteiger partial charge >= 0.3 is 0 Å². The van der Waals surface area contributed by atoms with Crippen LogP contribution in [0, 0.1) is 11.8 Å². The van der Waals surface area contributed by atoms with Crippen LogP contribution in [0.25, 0.3) is 0 Å². The molecule has 0 fully saturated rings. The van der Waals surface area contributed by atoms with Crippen molar-refractivity contribution < 1.29 is 0 Å². The number of halogens is 1. The molecule has 1 aliphatic heterocycles. The number of rotatable bonds is 0. The summed E-state index contributed by atoms with van der Waals surface area (Å²) in [5, 5.41) is 3.99. The Kier molecular flexibility index (Phi) is 1.71. The van der Waals surface area contributed by atoms with Crippen molar-refractivity contribution in [2.24, 2.45) is 0 Å². The van der Waals surface area contributed by atoms with E-state index >= 15 is 0 Å². The van der Waals surface area contributed by atoms with Gasteiger partial charge in [0.2, 0.25) is 0 Å². The van der Waals surface area contributed by atoms with E-state index in [0.717, 1.165) is 16.3 Å². The quantitative estimate of drug-likeness (QED) is 0.601. The average Bonchev–Trinajstić information content (AvgIpc) is 2.05. The molecule has 0 amide bonds. The zero-order valence-corrected chi connectivity index (χ0v) is 7.44. The Bertz CT molecular complexity index is 373. The third-order valence-electron chi connectivity index (χ3n) is 1.78. The lowest BCUT2D eigenvalue weighted by Crippen LogP contribution is -2.16. The molecule has 1 aromatic carbocycles. The number of nitrogens with one attached hydrogen (secondary N) is 1. The molecule has 1 N–H and O–H groups in total. The van der Waals surface area contributed by atoms with Crippen LogP contribution < -0.4 is 5.32 Å². The summed E-state index contributed by atoms with van der Waals surface area (Å²) in [5.41, 5.74) is 2.06. The van der Waals surface area contributed by atoms with Crippen LogP contribution in [0.4, 0.5) is 5.69 Å². The molecule has 0 aromatic heterocycles. The largest absolute Gasteiger partial charge is 0.371 e. The summed E-state index contributed by atoms with van der Waals surface area (Å²) in [5.74, 6) is 6.10. The Balaban J connectivity index is 2.52. The van der Waals surface area contributed by atoms with E-state index in [1.165, 1.54) is 0 Å². The molecule has 2 rings (SSSR count). The van der Waals surface area contributed by atoms with Gasteiger partial charge in [-0.1, -0.05) is 23.4 Å². The molecule has 12 heavy (non-hydrogen) atoms. The number of benzene rings is 1. The molecule has 0 radical (unpaired) electrons. The van der Waals surface area contributed by atoms with E-state index in [9.17, 15) is 0 Å². The SMILES string of the molecule is CC1C#Cc2cc(Cl)ccc2N1. The van der Waals surface area contributed by atoms with E-state index in [4.69, 9.17) is 11.6 Å². The lowest BCUT2D eigenvalue weighted by Gasteiger charge is -2.15. The second kappa shape index (κ2) is 2.73. The van der Waals surface area contributed by atoms with Crippen molar-refractivity contribution in [2.75, 3.05) is 5.32 Å². The van der Waals surface area contributed by atoms with E-state index in [0.29, 0.717) is 0 Å². The summed E-state index contributed by atoms with van der Waals surface area (Å²) in [4.78, 5) is 0. The fourth-order valence-electron chi connectivity index (χ4n) is 1.20. The fraction of sp³-hybridized carbons (Fsp3) is 0.200. The predicted molar refractivity (Wildman–Crippen MR) is 51.4 cm³/mol. The van der Waals surface area contributed by atoms with Gasteiger partial charge in [0.25, 0.3) is 0 Å². The summed E-state index contributed by atoms with van der Waals surface area (Å²) in [6, 6.07) is 5.94. The molecule has 60 valence electrons. The molecule has 1 aromatic rings. The van der Waals surface area contributed by atoms with Gasteiger partial charge < -0.3 is 5.32 Å². The number of hydrogen-bond donors (Lipinski definition) is 1. The molecule has 1 nitrogen and oxygen atoms in total. The summed E-state index contributed by atoms with van der Waals surface area (Å²) < 4.78 is 0. The topological polar surface area (TPSA) is 12.0 Å². The van der Waals surface area contributed by atoms with E-state index in [1.54, 1.807) is 0 Å². The molecule has 0 spiro atoms. The standard InChI is InChI=1S/C10H8ClN/c1-7-2-3-8-6-9(11)4-5-10(8)12-7/h4-7,12H,1H3. The van der Waals surface area contributed by atoms with Gasteiger partial charge in [-0.25, -0.2) is 0 Å². The first kappa shape index (κ1) is 7.52. The van der Waals surface area contributed by atoms with Gasteiger partial charge in [0, 0.05) is 10.6 Å². The van der Waals surface area contributed by atoms with E-state index in [2.05, 4.69) is 17.2 Å². The maximum Gasteiger partial charge on any atom is 0.0852 e. The minimum Gasteiger partial charge on any atom is -0.371 e. The van der Waals surface area contributed by atoms with Gasteiger partial charge in [-0.05, 0) is 25.1 Å². The Morgan fingerprint density at radius 2 is 2.33 bits per heavy atom. The highest BCUT2D eigenvalue weighted by Gasteiger charge is 2.07. The summed E-state index contributed by atoms with van der Waals surface area (Å²) in [6.45, 7) is 2.03. The van der Waals surface area contributed by atoms with Gasteiger partial charge in [0.1, 0.15) is 0 Å². The zero-order valence-electron chi connectivity index (χ0n) is 6.69. The highest BCUT2D eigenvalue weighted by molar-refractivity contribution is 6.30. The first-order valence-electron chi connectivity index (χ1n) is 3.83. The zero-order chi connectivity index (χ0) is 8.55. The van der Waals surface area contributed by atoms with E-state index in [-0.39, 0.29) is 6.04 Å². The van der Waals surface area contributed by atoms with Crippen molar-refractivity contribution in [3.05, 3.63) is 28.8 Å². The molecule has 1 heterocycles. The number of hydrogen-bond acceptors (Lipinski definition) is 1. The average molecular weight is 178 g/mol. The molecule has 1 atom stereocenters. The minimum absolute atomic E-state index is 0.235. The third kappa shape index (κ3) is 1.26. The molecule has 1 unspecified atom stereocenters. The van der Waals surface area contributed by atoms with Gasteiger partial charge in [0.15, 0.2) is 0 Å². The smallest absolute Gasteiger partial charge is 0.0852 e. The van der Waals surface area contributed by atoms with Crippen molar-refractivity contribution >= 4 is 17.3 Å². The summed E-state index contributed by atoms with van der Waals surface area (Å²) in [6.07, 6.45) is 0. The first-order chi connectivity index (χ1) is 5.75. The van der Waals surface area contributed by atoms with Gasteiger partial charge in [-0.15, -0.1) is 0 Å². The van der Waals surface area contributed by atoms with Crippen LogP contribution in [0.5, 0.6) is 0 Å². The second-order valence-electron chi connectivity index (χ2n) is 2.83. The van der Waals surface area contributed by atoms with Crippen LogP contribution in [0.2, 0.25) is 5.02 Å².